The van der Waals surface area contributed by atoms with Gasteiger partial charge in [0.1, 0.15) is 17.8 Å². The molecule has 178 valence electrons. The van der Waals surface area contributed by atoms with Crippen molar-refractivity contribution in [3.05, 3.63) is 71.7 Å². The van der Waals surface area contributed by atoms with E-state index in [1.54, 1.807) is 31.2 Å². The second-order valence-corrected chi connectivity index (χ2v) is 8.41. The van der Waals surface area contributed by atoms with Crippen LogP contribution in [0.3, 0.4) is 0 Å². The van der Waals surface area contributed by atoms with E-state index in [0.29, 0.717) is 24.4 Å². The number of aliphatic carboxylic acids is 1. The van der Waals surface area contributed by atoms with E-state index in [1.807, 2.05) is 30.3 Å². The van der Waals surface area contributed by atoms with Crippen LogP contribution in [0, 0.1) is 11.9 Å². The first-order valence-corrected chi connectivity index (χ1v) is 11.1. The van der Waals surface area contributed by atoms with Crippen LogP contribution in [0.15, 0.2) is 59.1 Å². The van der Waals surface area contributed by atoms with Gasteiger partial charge in [-0.15, -0.1) is 0 Å². The molecule has 34 heavy (non-hydrogen) atoms. The molecule has 0 bridgehead atoms. The van der Waals surface area contributed by atoms with Crippen LogP contribution in [0.4, 0.5) is 14.9 Å². The van der Waals surface area contributed by atoms with Crippen LogP contribution in [0.5, 0.6) is 0 Å². The number of carbonyl (C=O) groups excluding carboxylic acids is 1. The fourth-order valence-corrected chi connectivity index (χ4v) is 3.63. The molecule has 1 aliphatic rings. The molecular weight excluding hydrogens is 441 g/mol. The summed E-state index contributed by atoms with van der Waals surface area (Å²) in [6.45, 7) is 2.09. The number of carboxylic acid groups (broad SMARTS) is 1. The molecule has 9 heteroatoms. The maximum absolute atomic E-state index is 14.2. The number of halogens is 1. The van der Waals surface area contributed by atoms with E-state index in [9.17, 15) is 19.1 Å². The van der Waals surface area contributed by atoms with Gasteiger partial charge in [0.25, 0.3) is 5.95 Å². The Morgan fingerprint density at radius 3 is 2.53 bits per heavy atom. The summed E-state index contributed by atoms with van der Waals surface area (Å²) in [5.41, 5.74) is 1.94. The van der Waals surface area contributed by atoms with Crippen molar-refractivity contribution in [1.29, 1.82) is 0 Å². The number of hydrogen-bond acceptors (Lipinski definition) is 6. The zero-order valence-electron chi connectivity index (χ0n) is 18.7. The average molecular weight is 467 g/mol. The highest BCUT2D eigenvalue weighted by atomic mass is 19.1. The van der Waals surface area contributed by atoms with Crippen molar-refractivity contribution in [2.45, 2.75) is 44.9 Å². The Balaban J connectivity index is 1.39. The Kier molecular flexibility index (Phi) is 7.22. The minimum atomic E-state index is -0.963. The summed E-state index contributed by atoms with van der Waals surface area (Å²) in [5.74, 6) is -1.27. The van der Waals surface area contributed by atoms with Crippen molar-refractivity contribution in [3.8, 4) is 11.3 Å². The molecule has 2 unspecified atom stereocenters. The summed E-state index contributed by atoms with van der Waals surface area (Å²) in [4.78, 5) is 23.8. The molecule has 1 aromatic heterocycles. The molecule has 0 saturated heterocycles. The number of nitrogens with one attached hydrogen (secondary N) is 2. The summed E-state index contributed by atoms with van der Waals surface area (Å²) >= 11 is 0. The zero-order valence-corrected chi connectivity index (χ0v) is 18.7. The summed E-state index contributed by atoms with van der Waals surface area (Å²) in [5, 5.41) is 18.2. The van der Waals surface area contributed by atoms with E-state index in [0.717, 1.165) is 24.0 Å². The highest BCUT2D eigenvalue weighted by Gasteiger charge is 2.29. The molecule has 3 aromatic rings. The normalized spacial score (nSPS) is 14.9. The number of ether oxygens (including phenoxy) is 1. The first kappa shape index (κ1) is 23.4. The zero-order chi connectivity index (χ0) is 24.1. The van der Waals surface area contributed by atoms with Crippen LogP contribution >= 0.6 is 0 Å². The molecular formula is C25H26FN3O5. The lowest BCUT2D eigenvalue weighted by Crippen LogP contribution is -2.36. The smallest absolute Gasteiger partial charge is 0.412 e. The van der Waals surface area contributed by atoms with Crippen molar-refractivity contribution in [1.82, 2.24) is 10.5 Å². The fourth-order valence-electron chi connectivity index (χ4n) is 3.63. The Bertz CT molecular complexity index is 1130. The van der Waals surface area contributed by atoms with E-state index in [-0.39, 0.29) is 11.4 Å². The number of anilines is 1. The van der Waals surface area contributed by atoms with Gasteiger partial charge in [-0.3, -0.25) is 10.1 Å². The third-order valence-corrected chi connectivity index (χ3v) is 5.76. The minimum absolute atomic E-state index is 0.0541. The van der Waals surface area contributed by atoms with Crippen LogP contribution in [0.2, 0.25) is 0 Å². The number of hydrogen-bond donors (Lipinski definition) is 3. The molecule has 1 heterocycles. The number of aromatic nitrogens is 1. The predicted molar refractivity (Wildman–Crippen MR) is 122 cm³/mol. The second kappa shape index (κ2) is 10.5. The molecule has 1 fully saturated rings. The SMILES string of the molecule is CC(OC(=O)Nc1c(F)noc1-c1ccc(CNC(CC2CC2)C(=O)O)cc1)c1ccccc1. The molecule has 3 N–H and O–H groups in total. The summed E-state index contributed by atoms with van der Waals surface area (Å²) in [7, 11) is 0. The fraction of sp³-hybridized carbons (Fsp3) is 0.320. The predicted octanol–water partition coefficient (Wildman–Crippen LogP) is 5.13. The standard InChI is InChI=1S/C25H26FN3O5/c1-15(18-5-3-2-4-6-18)33-25(32)28-21-22(34-29-23(21)26)19-11-9-17(10-12-19)14-27-20(24(30)31)13-16-7-8-16/h2-6,9-12,15-16,20,27H,7-8,13-14H2,1H3,(H,28,32)(H,30,31). The van der Waals surface area contributed by atoms with Gasteiger partial charge in [-0.05, 0) is 35.5 Å². The van der Waals surface area contributed by atoms with Gasteiger partial charge in [-0.2, -0.15) is 4.39 Å². The maximum Gasteiger partial charge on any atom is 0.412 e. The van der Waals surface area contributed by atoms with Crippen molar-refractivity contribution in [3.63, 3.8) is 0 Å². The largest absolute Gasteiger partial charge is 0.480 e. The molecule has 0 spiro atoms. The van der Waals surface area contributed by atoms with Gasteiger partial charge in [0.15, 0.2) is 5.76 Å². The quantitative estimate of drug-likeness (QED) is 0.379. The van der Waals surface area contributed by atoms with Crippen LogP contribution in [-0.4, -0.2) is 28.4 Å². The monoisotopic (exact) mass is 467 g/mol. The minimum Gasteiger partial charge on any atom is -0.480 e. The van der Waals surface area contributed by atoms with Crippen molar-refractivity contribution < 1.29 is 28.3 Å². The molecule has 0 aliphatic heterocycles. The first-order valence-electron chi connectivity index (χ1n) is 11.1. The molecule has 0 radical (unpaired) electrons. The van der Waals surface area contributed by atoms with Crippen LogP contribution < -0.4 is 10.6 Å². The molecule has 8 nitrogen and oxygen atoms in total. The molecule has 2 aromatic carbocycles. The Hall–Kier alpha value is -3.72. The highest BCUT2D eigenvalue weighted by Crippen LogP contribution is 2.34. The number of rotatable bonds is 10. The van der Waals surface area contributed by atoms with Crippen molar-refractivity contribution in [2.24, 2.45) is 5.92 Å². The summed E-state index contributed by atoms with van der Waals surface area (Å²) in [6.07, 6.45) is 1.43. The molecule has 1 amide bonds. The van der Waals surface area contributed by atoms with Crippen LogP contribution in [0.25, 0.3) is 11.3 Å². The number of carbonyl (C=O) groups is 2. The van der Waals surface area contributed by atoms with Gasteiger partial charge in [-0.1, -0.05) is 67.4 Å². The summed E-state index contributed by atoms with van der Waals surface area (Å²) in [6, 6.07) is 15.5. The lowest BCUT2D eigenvalue weighted by molar-refractivity contribution is -0.139. The molecule has 2 atom stereocenters. The molecule has 1 aliphatic carbocycles. The number of carboxylic acids is 1. The van der Waals surface area contributed by atoms with Crippen LogP contribution in [-0.2, 0) is 16.1 Å². The summed E-state index contributed by atoms with van der Waals surface area (Å²) < 4.78 is 24.7. The number of benzene rings is 2. The molecule has 4 rings (SSSR count). The topological polar surface area (TPSA) is 114 Å². The van der Waals surface area contributed by atoms with E-state index >= 15 is 0 Å². The Labute approximate surface area is 196 Å². The lowest BCUT2D eigenvalue weighted by atomic mass is 10.1. The first-order chi connectivity index (χ1) is 16.4. The van der Waals surface area contributed by atoms with Gasteiger partial charge in [0.2, 0.25) is 0 Å². The van der Waals surface area contributed by atoms with Gasteiger partial charge in [0, 0.05) is 12.1 Å². The third kappa shape index (κ3) is 5.99. The van der Waals surface area contributed by atoms with E-state index in [1.165, 1.54) is 0 Å². The van der Waals surface area contributed by atoms with E-state index < -0.39 is 30.2 Å². The van der Waals surface area contributed by atoms with E-state index in [2.05, 4.69) is 15.8 Å². The third-order valence-electron chi connectivity index (χ3n) is 5.76. The van der Waals surface area contributed by atoms with Crippen LogP contribution in [0.1, 0.15) is 43.4 Å². The van der Waals surface area contributed by atoms with E-state index in [4.69, 9.17) is 9.26 Å². The van der Waals surface area contributed by atoms with Gasteiger partial charge >= 0.3 is 12.1 Å². The van der Waals surface area contributed by atoms with Crippen molar-refractivity contribution in [2.75, 3.05) is 5.32 Å². The average Bonchev–Trinajstić information content (AvgIpc) is 3.59. The highest BCUT2D eigenvalue weighted by molar-refractivity contribution is 5.89. The van der Waals surface area contributed by atoms with Crippen molar-refractivity contribution >= 4 is 17.7 Å². The van der Waals surface area contributed by atoms with Gasteiger partial charge in [0.05, 0.1) is 0 Å². The molecule has 1 saturated carbocycles. The van der Waals surface area contributed by atoms with Gasteiger partial charge < -0.3 is 19.7 Å². The maximum atomic E-state index is 14.2. The Morgan fingerprint density at radius 1 is 1.18 bits per heavy atom. The number of amides is 1. The van der Waals surface area contributed by atoms with Gasteiger partial charge in [-0.25, -0.2) is 4.79 Å². The second-order valence-electron chi connectivity index (χ2n) is 8.41. The number of nitrogens with zero attached hydrogens (tertiary/aromatic N) is 1. The Morgan fingerprint density at radius 2 is 1.88 bits per heavy atom. The lowest BCUT2D eigenvalue weighted by Gasteiger charge is -2.14.